The van der Waals surface area contributed by atoms with E-state index in [0.717, 1.165) is 18.3 Å². The van der Waals surface area contributed by atoms with E-state index in [1.807, 2.05) is 11.8 Å². The van der Waals surface area contributed by atoms with Gasteiger partial charge in [-0.05, 0) is 19.1 Å². The van der Waals surface area contributed by atoms with Crippen molar-refractivity contribution in [1.82, 2.24) is 14.1 Å². The van der Waals surface area contributed by atoms with Gasteiger partial charge in [-0.25, -0.2) is 0 Å². The highest BCUT2D eigenvalue weighted by Gasteiger charge is 2.30. The van der Waals surface area contributed by atoms with Gasteiger partial charge in [0.1, 0.15) is 18.9 Å². The summed E-state index contributed by atoms with van der Waals surface area (Å²) in [4.78, 5) is 0. The predicted molar refractivity (Wildman–Crippen MR) is 83.6 cm³/mol. The van der Waals surface area contributed by atoms with Gasteiger partial charge in [0.2, 0.25) is 5.88 Å². The van der Waals surface area contributed by atoms with E-state index in [0.29, 0.717) is 17.2 Å². The maximum Gasteiger partial charge on any atom is 0.245 e. The minimum atomic E-state index is -0.515. The van der Waals surface area contributed by atoms with Gasteiger partial charge < -0.3 is 15.2 Å². The average molecular weight is 317 g/mol. The first-order valence-electron chi connectivity index (χ1n) is 7.08. The third kappa shape index (κ3) is 4.87. The molecule has 1 fully saturated rings. The van der Waals surface area contributed by atoms with Crippen LogP contribution in [0.4, 0.5) is 0 Å². The van der Waals surface area contributed by atoms with E-state index >= 15 is 0 Å². The standard InChI is InChI=1S/C13H23N3O2S2/c1-19-13(5-3-2-4-6-13)10-14-7-11(17)9-18-12-8-15-20-16-12/h8,11,14,17H,2-7,9-10H2,1H3. The highest BCUT2D eigenvalue weighted by atomic mass is 32.2. The van der Waals surface area contributed by atoms with Gasteiger partial charge >= 0.3 is 0 Å². The summed E-state index contributed by atoms with van der Waals surface area (Å²) in [6, 6.07) is 0. The Labute approximate surface area is 128 Å². The van der Waals surface area contributed by atoms with E-state index in [4.69, 9.17) is 4.74 Å². The van der Waals surface area contributed by atoms with E-state index in [1.54, 1.807) is 6.20 Å². The molecule has 20 heavy (non-hydrogen) atoms. The normalized spacial score (nSPS) is 19.7. The molecule has 1 aliphatic carbocycles. The van der Waals surface area contributed by atoms with Gasteiger partial charge in [-0.15, -0.1) is 4.37 Å². The van der Waals surface area contributed by atoms with E-state index in [-0.39, 0.29) is 6.61 Å². The van der Waals surface area contributed by atoms with Gasteiger partial charge in [0.25, 0.3) is 0 Å². The Bertz CT molecular complexity index is 370. The molecule has 1 aliphatic rings. The summed E-state index contributed by atoms with van der Waals surface area (Å²) >= 11 is 3.07. The van der Waals surface area contributed by atoms with Crippen LogP contribution >= 0.6 is 23.5 Å². The van der Waals surface area contributed by atoms with Gasteiger partial charge in [0, 0.05) is 17.8 Å². The lowest BCUT2D eigenvalue weighted by Gasteiger charge is -2.36. The van der Waals surface area contributed by atoms with Crippen molar-refractivity contribution in [1.29, 1.82) is 0 Å². The number of aliphatic hydroxyl groups excluding tert-OH is 1. The molecular weight excluding hydrogens is 294 g/mol. The van der Waals surface area contributed by atoms with Crippen LogP contribution in [0.1, 0.15) is 32.1 Å². The predicted octanol–water partition coefficient (Wildman–Crippen LogP) is 1.93. The Morgan fingerprint density at radius 3 is 2.95 bits per heavy atom. The van der Waals surface area contributed by atoms with Crippen molar-refractivity contribution in [2.45, 2.75) is 43.0 Å². The Kier molecular flexibility index (Phi) is 6.54. The fourth-order valence-corrected chi connectivity index (χ4v) is 3.88. The Balaban J connectivity index is 1.63. The molecule has 0 radical (unpaired) electrons. The van der Waals surface area contributed by atoms with Gasteiger partial charge in [0.05, 0.1) is 11.7 Å². The molecule has 114 valence electrons. The largest absolute Gasteiger partial charge is 0.473 e. The van der Waals surface area contributed by atoms with E-state index in [2.05, 4.69) is 20.3 Å². The van der Waals surface area contributed by atoms with Crippen molar-refractivity contribution in [2.24, 2.45) is 0 Å². The second-order valence-corrected chi connectivity index (χ2v) is 7.12. The Morgan fingerprint density at radius 1 is 1.50 bits per heavy atom. The highest BCUT2D eigenvalue weighted by Crippen LogP contribution is 2.37. The van der Waals surface area contributed by atoms with Crippen LogP contribution in [0, 0.1) is 0 Å². The first kappa shape index (κ1) is 16.0. The van der Waals surface area contributed by atoms with Crippen molar-refractivity contribution >= 4 is 23.5 Å². The zero-order valence-electron chi connectivity index (χ0n) is 11.9. The second-order valence-electron chi connectivity index (χ2n) is 5.29. The summed E-state index contributed by atoms with van der Waals surface area (Å²) in [6.45, 7) is 1.77. The number of hydrogen-bond donors (Lipinski definition) is 2. The summed E-state index contributed by atoms with van der Waals surface area (Å²) in [5.74, 6) is 0.488. The van der Waals surface area contributed by atoms with Crippen molar-refractivity contribution < 1.29 is 9.84 Å². The zero-order chi connectivity index (χ0) is 14.3. The molecule has 1 heterocycles. The first-order chi connectivity index (χ1) is 9.74. The second kappa shape index (κ2) is 8.17. The minimum absolute atomic E-state index is 0.255. The van der Waals surface area contributed by atoms with E-state index in [1.165, 1.54) is 32.1 Å². The van der Waals surface area contributed by atoms with Gasteiger partial charge in [-0.2, -0.15) is 16.1 Å². The maximum atomic E-state index is 9.90. The number of ether oxygens (including phenoxy) is 1. The molecule has 0 amide bonds. The van der Waals surface area contributed by atoms with Crippen LogP contribution < -0.4 is 10.1 Å². The maximum absolute atomic E-state index is 9.90. The summed E-state index contributed by atoms with van der Waals surface area (Å²) in [6.07, 6.45) is 9.81. The van der Waals surface area contributed by atoms with Gasteiger partial charge in [-0.3, -0.25) is 0 Å². The number of rotatable bonds is 8. The molecule has 2 rings (SSSR count). The lowest BCUT2D eigenvalue weighted by molar-refractivity contribution is 0.103. The van der Waals surface area contributed by atoms with Crippen molar-refractivity contribution in [3.63, 3.8) is 0 Å². The molecule has 1 saturated carbocycles. The molecule has 0 saturated heterocycles. The quantitative estimate of drug-likeness (QED) is 0.764. The van der Waals surface area contributed by atoms with Crippen LogP contribution in [0.15, 0.2) is 6.20 Å². The molecule has 1 aromatic rings. The molecule has 5 nitrogen and oxygen atoms in total. The molecule has 2 N–H and O–H groups in total. The molecule has 1 atom stereocenters. The van der Waals surface area contributed by atoms with Crippen LogP contribution in [0.2, 0.25) is 0 Å². The molecule has 0 aromatic carbocycles. The third-order valence-corrected chi connectivity index (χ3v) is 5.67. The number of aliphatic hydroxyl groups is 1. The summed E-state index contributed by atoms with van der Waals surface area (Å²) < 4.78 is 13.5. The topological polar surface area (TPSA) is 67.3 Å². The SMILES string of the molecule is CSC1(CNCC(O)COc2cnsn2)CCCCC1. The molecule has 1 aromatic heterocycles. The smallest absolute Gasteiger partial charge is 0.245 e. The lowest BCUT2D eigenvalue weighted by Crippen LogP contribution is -2.42. The minimum Gasteiger partial charge on any atom is -0.473 e. The fourth-order valence-electron chi connectivity index (χ4n) is 2.58. The Hall–Kier alpha value is -0.370. The van der Waals surface area contributed by atoms with E-state index < -0.39 is 6.10 Å². The monoisotopic (exact) mass is 317 g/mol. The zero-order valence-corrected chi connectivity index (χ0v) is 13.5. The fraction of sp³-hybridized carbons (Fsp3) is 0.846. The van der Waals surface area contributed by atoms with Crippen molar-refractivity contribution in [3.8, 4) is 5.88 Å². The van der Waals surface area contributed by atoms with Gasteiger partial charge in [-0.1, -0.05) is 19.3 Å². The summed E-state index contributed by atoms with van der Waals surface area (Å²) in [7, 11) is 0. The van der Waals surface area contributed by atoms with Crippen molar-refractivity contribution in [2.75, 3.05) is 26.0 Å². The number of nitrogens with one attached hydrogen (secondary N) is 1. The lowest BCUT2D eigenvalue weighted by atomic mass is 9.88. The number of aromatic nitrogens is 2. The van der Waals surface area contributed by atoms with Crippen molar-refractivity contribution in [3.05, 3.63) is 6.20 Å². The summed E-state index contributed by atoms with van der Waals surface area (Å²) in [5.41, 5.74) is 0. The number of nitrogens with zero attached hydrogens (tertiary/aromatic N) is 2. The molecule has 7 heteroatoms. The molecule has 0 spiro atoms. The molecule has 0 bridgehead atoms. The van der Waals surface area contributed by atoms with Crippen LogP contribution in [-0.4, -0.2) is 50.7 Å². The number of hydrogen-bond acceptors (Lipinski definition) is 7. The van der Waals surface area contributed by atoms with Crippen LogP contribution in [0.25, 0.3) is 0 Å². The first-order valence-corrected chi connectivity index (χ1v) is 9.04. The third-order valence-electron chi connectivity index (χ3n) is 3.79. The molecule has 1 unspecified atom stereocenters. The molecule has 0 aliphatic heterocycles. The average Bonchev–Trinajstić information content (AvgIpc) is 2.99. The van der Waals surface area contributed by atoms with Crippen LogP contribution in [0.3, 0.4) is 0 Å². The van der Waals surface area contributed by atoms with E-state index in [9.17, 15) is 5.11 Å². The summed E-state index contributed by atoms with van der Waals surface area (Å²) in [5, 5.41) is 13.3. The highest BCUT2D eigenvalue weighted by molar-refractivity contribution is 8.00. The molecular formula is C13H23N3O2S2. The van der Waals surface area contributed by atoms with Gasteiger partial charge in [0.15, 0.2) is 0 Å². The Morgan fingerprint density at radius 2 is 2.30 bits per heavy atom. The van der Waals surface area contributed by atoms with Crippen LogP contribution in [0.5, 0.6) is 5.88 Å². The number of thioether (sulfide) groups is 1. The van der Waals surface area contributed by atoms with Crippen LogP contribution in [-0.2, 0) is 0 Å².